The lowest BCUT2D eigenvalue weighted by molar-refractivity contribution is 0.299. The van der Waals surface area contributed by atoms with E-state index in [-0.39, 0.29) is 6.61 Å². The van der Waals surface area contributed by atoms with Crippen LogP contribution >= 0.6 is 0 Å². The maximum absolute atomic E-state index is 13.4. The summed E-state index contributed by atoms with van der Waals surface area (Å²) in [6, 6.07) is 10.5. The van der Waals surface area contributed by atoms with E-state index in [2.05, 4.69) is 11.8 Å². The van der Waals surface area contributed by atoms with Gasteiger partial charge >= 0.3 is 0 Å². The van der Waals surface area contributed by atoms with Crippen LogP contribution in [0.3, 0.4) is 0 Å². The average Bonchev–Trinajstić information content (AvgIpc) is 2.45. The van der Waals surface area contributed by atoms with Crippen LogP contribution in [-0.2, 0) is 6.61 Å². The molecule has 0 bridgehead atoms. The molecule has 2 N–H and O–H groups in total. The van der Waals surface area contributed by atoms with E-state index in [4.69, 9.17) is 10.5 Å². The summed E-state index contributed by atoms with van der Waals surface area (Å²) in [5.74, 6) is 5.01. The van der Waals surface area contributed by atoms with Crippen molar-refractivity contribution < 1.29 is 13.5 Å². The molecule has 0 spiro atoms. The molecule has 0 heterocycles. The first-order valence-corrected chi connectivity index (χ1v) is 6.05. The van der Waals surface area contributed by atoms with Gasteiger partial charge in [-0.3, -0.25) is 0 Å². The van der Waals surface area contributed by atoms with E-state index in [1.54, 1.807) is 24.3 Å². The lowest BCUT2D eigenvalue weighted by Gasteiger charge is -2.07. The van der Waals surface area contributed by atoms with Crippen LogP contribution in [0.15, 0.2) is 42.5 Å². The molecule has 2 rings (SSSR count). The molecule has 0 amide bonds. The van der Waals surface area contributed by atoms with Gasteiger partial charge in [0.2, 0.25) is 0 Å². The van der Waals surface area contributed by atoms with E-state index >= 15 is 0 Å². The molecular formula is C16H13F2NO. The molecule has 0 aliphatic carbocycles. The summed E-state index contributed by atoms with van der Waals surface area (Å²) in [6.45, 7) is 0.349. The summed E-state index contributed by atoms with van der Waals surface area (Å²) in [7, 11) is 0. The Kier molecular flexibility index (Phi) is 4.70. The highest BCUT2D eigenvalue weighted by Crippen LogP contribution is 2.16. The van der Waals surface area contributed by atoms with Crippen LogP contribution in [0, 0.1) is 23.5 Å². The van der Waals surface area contributed by atoms with Crippen molar-refractivity contribution in [1.82, 2.24) is 0 Å². The van der Waals surface area contributed by atoms with E-state index in [1.165, 1.54) is 12.1 Å². The Bertz CT molecular complexity index is 642. The zero-order valence-electron chi connectivity index (χ0n) is 10.7. The van der Waals surface area contributed by atoms with Crippen LogP contribution in [0.1, 0.15) is 11.1 Å². The minimum Gasteiger partial charge on any atom is -0.489 e. The van der Waals surface area contributed by atoms with Crippen molar-refractivity contribution in [3.63, 3.8) is 0 Å². The molecule has 0 saturated carbocycles. The second kappa shape index (κ2) is 6.69. The summed E-state index contributed by atoms with van der Waals surface area (Å²) in [5.41, 5.74) is 6.42. The van der Waals surface area contributed by atoms with Gasteiger partial charge in [-0.1, -0.05) is 11.8 Å². The van der Waals surface area contributed by atoms with Gasteiger partial charge in [0, 0.05) is 17.2 Å². The van der Waals surface area contributed by atoms with E-state index < -0.39 is 11.6 Å². The Balaban J connectivity index is 2.00. The Morgan fingerprint density at radius 1 is 1.05 bits per heavy atom. The van der Waals surface area contributed by atoms with Gasteiger partial charge in [-0.05, 0) is 36.4 Å². The fraction of sp³-hybridized carbons (Fsp3) is 0.125. The van der Waals surface area contributed by atoms with Crippen molar-refractivity contribution in [2.45, 2.75) is 6.61 Å². The number of ether oxygens (including phenoxy) is 1. The summed E-state index contributed by atoms with van der Waals surface area (Å²) < 4.78 is 31.6. The molecule has 2 aromatic carbocycles. The highest BCUT2D eigenvalue weighted by atomic mass is 19.1. The van der Waals surface area contributed by atoms with E-state index in [0.717, 1.165) is 11.6 Å². The lowest BCUT2D eigenvalue weighted by atomic mass is 10.2. The van der Waals surface area contributed by atoms with E-state index in [1.807, 2.05) is 0 Å². The zero-order valence-corrected chi connectivity index (χ0v) is 10.7. The predicted molar refractivity (Wildman–Crippen MR) is 73.1 cm³/mol. The fourth-order valence-electron chi connectivity index (χ4n) is 1.59. The monoisotopic (exact) mass is 273 g/mol. The maximum Gasteiger partial charge on any atom is 0.132 e. The van der Waals surface area contributed by atoms with Crippen molar-refractivity contribution in [1.29, 1.82) is 0 Å². The fourth-order valence-corrected chi connectivity index (χ4v) is 1.59. The smallest absolute Gasteiger partial charge is 0.132 e. The largest absolute Gasteiger partial charge is 0.489 e. The number of benzene rings is 2. The molecule has 0 atom stereocenters. The van der Waals surface area contributed by atoms with E-state index in [0.29, 0.717) is 17.9 Å². The zero-order chi connectivity index (χ0) is 14.4. The number of halogens is 2. The first-order chi connectivity index (χ1) is 9.69. The molecule has 20 heavy (non-hydrogen) atoms. The van der Waals surface area contributed by atoms with Crippen LogP contribution in [0.2, 0.25) is 0 Å². The summed E-state index contributed by atoms with van der Waals surface area (Å²) >= 11 is 0. The molecule has 102 valence electrons. The van der Waals surface area contributed by atoms with Gasteiger partial charge in [-0.2, -0.15) is 0 Å². The molecule has 0 aliphatic rings. The van der Waals surface area contributed by atoms with Crippen LogP contribution in [-0.4, -0.2) is 6.54 Å². The van der Waals surface area contributed by atoms with Gasteiger partial charge in [0.1, 0.15) is 24.0 Å². The van der Waals surface area contributed by atoms with Crippen molar-refractivity contribution in [2.24, 2.45) is 5.73 Å². The Morgan fingerprint density at radius 3 is 2.45 bits per heavy atom. The minimum absolute atomic E-state index is 0.0416. The number of nitrogens with two attached hydrogens (primary N) is 1. The summed E-state index contributed by atoms with van der Waals surface area (Å²) in [6.07, 6.45) is 0. The molecule has 0 radical (unpaired) electrons. The predicted octanol–water partition coefficient (Wildman–Crippen LogP) is 2.85. The molecular weight excluding hydrogens is 260 g/mol. The summed E-state index contributed by atoms with van der Waals surface area (Å²) in [5, 5.41) is 0. The highest BCUT2D eigenvalue weighted by Gasteiger charge is 2.04. The van der Waals surface area contributed by atoms with Gasteiger partial charge in [-0.15, -0.1) is 0 Å². The molecule has 2 nitrogen and oxygen atoms in total. The standard InChI is InChI=1S/C16H13F2NO/c17-14-6-5-13(16(18)10-14)11-20-15-7-3-12(4-8-15)2-1-9-19/h3-8,10H,9,11,19H2. The molecule has 0 unspecified atom stereocenters. The molecule has 0 saturated heterocycles. The van der Waals surface area contributed by atoms with Crippen molar-refractivity contribution in [2.75, 3.05) is 6.54 Å². The SMILES string of the molecule is NCC#Cc1ccc(OCc2ccc(F)cc2F)cc1. The van der Waals surface area contributed by atoms with Gasteiger partial charge in [0.15, 0.2) is 0 Å². The Morgan fingerprint density at radius 2 is 1.80 bits per heavy atom. The van der Waals surface area contributed by atoms with Crippen molar-refractivity contribution in [3.8, 4) is 17.6 Å². The van der Waals surface area contributed by atoms with Crippen LogP contribution < -0.4 is 10.5 Å². The van der Waals surface area contributed by atoms with Crippen molar-refractivity contribution >= 4 is 0 Å². The molecule has 2 aromatic rings. The lowest BCUT2D eigenvalue weighted by Crippen LogP contribution is -1.99. The van der Waals surface area contributed by atoms with Gasteiger partial charge in [0.05, 0.1) is 6.54 Å². The highest BCUT2D eigenvalue weighted by molar-refractivity contribution is 5.38. The Labute approximate surface area is 116 Å². The molecule has 4 heteroatoms. The van der Waals surface area contributed by atoms with Crippen LogP contribution in [0.25, 0.3) is 0 Å². The number of rotatable bonds is 3. The second-order valence-corrected chi connectivity index (χ2v) is 4.05. The third-order valence-electron chi connectivity index (χ3n) is 2.60. The van der Waals surface area contributed by atoms with Crippen molar-refractivity contribution in [3.05, 3.63) is 65.2 Å². The normalized spacial score (nSPS) is 9.75. The molecule has 0 aromatic heterocycles. The van der Waals surface area contributed by atoms with Gasteiger partial charge in [0.25, 0.3) is 0 Å². The first-order valence-electron chi connectivity index (χ1n) is 6.05. The Hall–Kier alpha value is -2.38. The molecule has 0 fully saturated rings. The van der Waals surface area contributed by atoms with E-state index in [9.17, 15) is 8.78 Å². The third-order valence-corrected chi connectivity index (χ3v) is 2.60. The van der Waals surface area contributed by atoms with Crippen LogP contribution in [0.4, 0.5) is 8.78 Å². The minimum atomic E-state index is -0.615. The summed E-state index contributed by atoms with van der Waals surface area (Å²) in [4.78, 5) is 0. The molecule has 0 aliphatic heterocycles. The quantitative estimate of drug-likeness (QED) is 0.873. The average molecular weight is 273 g/mol. The van der Waals surface area contributed by atoms with Gasteiger partial charge < -0.3 is 10.5 Å². The van der Waals surface area contributed by atoms with Crippen LogP contribution in [0.5, 0.6) is 5.75 Å². The first kappa shape index (κ1) is 14.0. The number of hydrogen-bond acceptors (Lipinski definition) is 2. The maximum atomic E-state index is 13.4. The van der Waals surface area contributed by atoms with Gasteiger partial charge in [-0.25, -0.2) is 8.78 Å². The topological polar surface area (TPSA) is 35.2 Å². The number of hydrogen-bond donors (Lipinski definition) is 1. The third kappa shape index (κ3) is 3.81. The second-order valence-electron chi connectivity index (χ2n) is 4.05.